The summed E-state index contributed by atoms with van der Waals surface area (Å²) >= 11 is 0. The summed E-state index contributed by atoms with van der Waals surface area (Å²) in [6.07, 6.45) is 5.12. The van der Waals surface area contributed by atoms with Gasteiger partial charge in [0.15, 0.2) is 0 Å². The molecule has 0 unspecified atom stereocenters. The average Bonchev–Trinajstić information content (AvgIpc) is 3.21. The first-order valence-corrected chi connectivity index (χ1v) is 8.70. The first-order valence-electron chi connectivity index (χ1n) is 8.70. The molecule has 27 heavy (non-hydrogen) atoms. The van der Waals surface area contributed by atoms with E-state index in [1.54, 1.807) is 35.4 Å². The van der Waals surface area contributed by atoms with E-state index in [1.807, 2.05) is 42.5 Å². The molecule has 134 valence electrons. The van der Waals surface area contributed by atoms with Crippen LogP contribution in [0.4, 0.5) is 4.39 Å². The van der Waals surface area contributed by atoms with Crippen LogP contribution in [0.2, 0.25) is 0 Å². The lowest BCUT2D eigenvalue weighted by Gasteiger charge is -2.09. The molecule has 0 spiro atoms. The number of nitrogens with one attached hydrogen (secondary N) is 1. The number of carbonyl (C=O) groups excluding carboxylic acids is 1. The molecule has 1 amide bonds. The van der Waals surface area contributed by atoms with Gasteiger partial charge in [-0.3, -0.25) is 4.79 Å². The predicted octanol–water partition coefficient (Wildman–Crippen LogP) is 4.02. The number of imidazole rings is 1. The summed E-state index contributed by atoms with van der Waals surface area (Å²) in [6, 6.07) is 19.0. The number of nitrogens with zero attached hydrogens (tertiary/aromatic N) is 2. The Morgan fingerprint density at radius 1 is 1.00 bits per heavy atom. The normalized spacial score (nSPS) is 10.9. The van der Waals surface area contributed by atoms with Crippen LogP contribution in [0.25, 0.3) is 16.5 Å². The number of halogens is 1. The van der Waals surface area contributed by atoms with Crippen LogP contribution in [0.15, 0.2) is 79.4 Å². The van der Waals surface area contributed by atoms with E-state index in [1.165, 1.54) is 6.07 Å². The Morgan fingerprint density at radius 3 is 2.59 bits per heavy atom. The van der Waals surface area contributed by atoms with Gasteiger partial charge < -0.3 is 9.88 Å². The molecule has 0 aliphatic carbocycles. The fourth-order valence-electron chi connectivity index (χ4n) is 3.07. The number of carbonyl (C=O) groups is 1. The van der Waals surface area contributed by atoms with Gasteiger partial charge in [-0.05, 0) is 34.0 Å². The third-order valence-corrected chi connectivity index (χ3v) is 4.46. The van der Waals surface area contributed by atoms with Crippen LogP contribution in [-0.4, -0.2) is 15.5 Å². The molecule has 0 fully saturated rings. The van der Waals surface area contributed by atoms with Gasteiger partial charge in [0.05, 0.1) is 18.4 Å². The summed E-state index contributed by atoms with van der Waals surface area (Å²) in [6.45, 7) is 0.285. The quantitative estimate of drug-likeness (QED) is 0.585. The molecule has 0 bridgehead atoms. The highest BCUT2D eigenvalue weighted by Crippen LogP contribution is 2.17. The molecule has 0 saturated heterocycles. The van der Waals surface area contributed by atoms with Crippen LogP contribution in [0.1, 0.15) is 11.1 Å². The van der Waals surface area contributed by atoms with Gasteiger partial charge in [0.1, 0.15) is 5.82 Å². The molecule has 1 N–H and O–H groups in total. The van der Waals surface area contributed by atoms with Crippen molar-refractivity contribution in [3.05, 3.63) is 96.3 Å². The van der Waals surface area contributed by atoms with Gasteiger partial charge in [-0.15, -0.1) is 0 Å². The summed E-state index contributed by atoms with van der Waals surface area (Å²) in [5.74, 6) is -0.446. The third-order valence-electron chi connectivity index (χ3n) is 4.46. The minimum atomic E-state index is -0.353. The zero-order valence-electron chi connectivity index (χ0n) is 14.6. The molecule has 3 aromatic carbocycles. The Kier molecular flexibility index (Phi) is 4.66. The number of hydrogen-bond acceptors (Lipinski definition) is 2. The van der Waals surface area contributed by atoms with Crippen LogP contribution >= 0.6 is 0 Å². The van der Waals surface area contributed by atoms with Gasteiger partial charge in [-0.25, -0.2) is 9.37 Å². The summed E-state index contributed by atoms with van der Waals surface area (Å²) in [5.41, 5.74) is 2.09. The topological polar surface area (TPSA) is 46.9 Å². The molecule has 0 atom stereocenters. The van der Waals surface area contributed by atoms with E-state index < -0.39 is 0 Å². The lowest BCUT2D eigenvalue weighted by molar-refractivity contribution is -0.120. The average molecular weight is 359 g/mol. The largest absolute Gasteiger partial charge is 0.352 e. The molecule has 4 nitrogen and oxygen atoms in total. The molecular formula is C22H18FN3O. The Morgan fingerprint density at radius 2 is 1.81 bits per heavy atom. The molecule has 4 aromatic rings. The first-order chi connectivity index (χ1) is 13.2. The number of amides is 1. The molecule has 0 radical (unpaired) electrons. The van der Waals surface area contributed by atoms with Crippen LogP contribution in [0.5, 0.6) is 0 Å². The molecule has 4 rings (SSSR count). The summed E-state index contributed by atoms with van der Waals surface area (Å²) in [5, 5.41) is 5.11. The molecule has 1 aromatic heterocycles. The van der Waals surface area contributed by atoms with E-state index in [4.69, 9.17) is 0 Å². The second-order valence-corrected chi connectivity index (χ2v) is 6.39. The zero-order valence-corrected chi connectivity index (χ0v) is 14.6. The van der Waals surface area contributed by atoms with Gasteiger partial charge >= 0.3 is 0 Å². The van der Waals surface area contributed by atoms with Gasteiger partial charge in [0.25, 0.3) is 0 Å². The second kappa shape index (κ2) is 7.41. The lowest BCUT2D eigenvalue weighted by Crippen LogP contribution is -2.24. The van der Waals surface area contributed by atoms with Crippen LogP contribution in [0, 0.1) is 5.82 Å². The minimum absolute atomic E-state index is 0.0932. The van der Waals surface area contributed by atoms with E-state index in [2.05, 4.69) is 10.3 Å². The van der Waals surface area contributed by atoms with Crippen molar-refractivity contribution in [2.45, 2.75) is 13.0 Å². The van der Waals surface area contributed by atoms with E-state index in [0.717, 1.165) is 16.3 Å². The maximum Gasteiger partial charge on any atom is 0.224 e. The van der Waals surface area contributed by atoms with Crippen molar-refractivity contribution in [2.24, 2.45) is 0 Å². The number of rotatable bonds is 5. The van der Waals surface area contributed by atoms with E-state index in [0.29, 0.717) is 17.7 Å². The van der Waals surface area contributed by atoms with E-state index >= 15 is 0 Å². The molecule has 5 heteroatoms. The number of hydrogen-bond donors (Lipinski definition) is 1. The lowest BCUT2D eigenvalue weighted by atomic mass is 10.0. The van der Waals surface area contributed by atoms with Gasteiger partial charge in [-0.1, -0.05) is 48.5 Å². The Labute approximate surface area is 156 Å². The number of benzene rings is 3. The standard InChI is InChI=1S/C22H18FN3O/c23-20-12-17(6-8-21(20)26-10-9-24-15-26)14-25-22(27)13-16-5-7-18-3-1-2-4-19(18)11-16/h1-12,15H,13-14H2,(H,25,27). The summed E-state index contributed by atoms with van der Waals surface area (Å²) < 4.78 is 15.9. The van der Waals surface area contributed by atoms with Crippen LogP contribution in [-0.2, 0) is 17.8 Å². The highest BCUT2D eigenvalue weighted by atomic mass is 19.1. The van der Waals surface area contributed by atoms with Crippen LogP contribution in [0.3, 0.4) is 0 Å². The smallest absolute Gasteiger partial charge is 0.224 e. The van der Waals surface area contributed by atoms with Crippen molar-refractivity contribution in [1.82, 2.24) is 14.9 Å². The predicted molar refractivity (Wildman–Crippen MR) is 103 cm³/mol. The van der Waals surface area contributed by atoms with Crippen LogP contribution < -0.4 is 5.32 Å². The fraction of sp³-hybridized carbons (Fsp3) is 0.0909. The molecule has 0 aliphatic heterocycles. The van der Waals surface area contributed by atoms with Crippen molar-refractivity contribution in [2.75, 3.05) is 0 Å². The number of fused-ring (bicyclic) bond motifs is 1. The van der Waals surface area contributed by atoms with Gasteiger partial charge in [0.2, 0.25) is 5.91 Å². The summed E-state index contributed by atoms with van der Waals surface area (Å²) in [4.78, 5) is 16.2. The molecule has 1 heterocycles. The molecular weight excluding hydrogens is 341 g/mol. The van der Waals surface area contributed by atoms with Crippen molar-refractivity contribution in [3.63, 3.8) is 0 Å². The molecule has 0 saturated carbocycles. The fourth-order valence-corrected chi connectivity index (χ4v) is 3.07. The zero-order chi connectivity index (χ0) is 18.6. The van der Waals surface area contributed by atoms with Gasteiger partial charge in [0, 0.05) is 18.9 Å². The SMILES string of the molecule is O=C(Cc1ccc2ccccc2c1)NCc1ccc(-n2ccnc2)c(F)c1. The van der Waals surface area contributed by atoms with E-state index in [-0.39, 0.29) is 18.3 Å². The van der Waals surface area contributed by atoms with Gasteiger partial charge in [-0.2, -0.15) is 0 Å². The van der Waals surface area contributed by atoms with E-state index in [9.17, 15) is 9.18 Å². The summed E-state index contributed by atoms with van der Waals surface area (Å²) in [7, 11) is 0. The third kappa shape index (κ3) is 3.87. The highest BCUT2D eigenvalue weighted by molar-refractivity contribution is 5.85. The van der Waals surface area contributed by atoms with Crippen molar-refractivity contribution < 1.29 is 9.18 Å². The van der Waals surface area contributed by atoms with Crippen molar-refractivity contribution in [1.29, 1.82) is 0 Å². The van der Waals surface area contributed by atoms with Crippen molar-refractivity contribution >= 4 is 16.7 Å². The Hall–Kier alpha value is -3.47. The Balaban J connectivity index is 1.39. The van der Waals surface area contributed by atoms with Crippen molar-refractivity contribution in [3.8, 4) is 5.69 Å². The minimum Gasteiger partial charge on any atom is -0.352 e. The highest BCUT2D eigenvalue weighted by Gasteiger charge is 2.08. The number of aromatic nitrogens is 2. The maximum atomic E-state index is 14.3. The Bertz CT molecular complexity index is 1090. The first kappa shape index (κ1) is 17.0. The second-order valence-electron chi connectivity index (χ2n) is 6.39. The monoisotopic (exact) mass is 359 g/mol. The maximum absolute atomic E-state index is 14.3. The molecule has 0 aliphatic rings.